The number of carbonyl (C=O) groups excluding carboxylic acids is 2. The van der Waals surface area contributed by atoms with Crippen LogP contribution >= 0.6 is 22.9 Å². The van der Waals surface area contributed by atoms with Crippen LogP contribution in [0.25, 0.3) is 10.1 Å². The monoisotopic (exact) mass is 372 g/mol. The van der Waals surface area contributed by atoms with Crippen molar-refractivity contribution in [2.75, 3.05) is 0 Å². The van der Waals surface area contributed by atoms with Crippen molar-refractivity contribution in [1.29, 1.82) is 0 Å². The number of hydrogen-bond acceptors (Lipinski definition) is 4. The number of halogens is 1. The highest BCUT2D eigenvalue weighted by Crippen LogP contribution is 2.35. The molecule has 0 aliphatic heterocycles. The number of benzene rings is 2. The van der Waals surface area contributed by atoms with Crippen molar-refractivity contribution in [2.45, 2.75) is 26.4 Å². The molecule has 0 radical (unpaired) electrons. The second kappa shape index (κ2) is 7.38. The molecule has 0 amide bonds. The number of hydrogen-bond donors (Lipinski definition) is 0. The van der Waals surface area contributed by atoms with E-state index in [2.05, 4.69) is 6.92 Å². The van der Waals surface area contributed by atoms with Gasteiger partial charge in [-0.15, -0.1) is 11.3 Å². The van der Waals surface area contributed by atoms with Crippen LogP contribution in [-0.4, -0.2) is 17.9 Å². The van der Waals surface area contributed by atoms with Crippen molar-refractivity contribution in [3.8, 4) is 0 Å². The normalized spacial score (nSPS) is 12.1. The number of rotatable bonds is 5. The molecule has 1 aromatic heterocycles. The molecule has 5 heteroatoms. The number of ketones is 1. The SMILES string of the molecule is CCc1ccc(C(=O)C(C)OC(=O)c2sc3ccccc3c2Cl)cc1. The minimum atomic E-state index is -0.874. The summed E-state index contributed by atoms with van der Waals surface area (Å²) in [5.74, 6) is -0.800. The third-order valence-electron chi connectivity index (χ3n) is 4.02. The van der Waals surface area contributed by atoms with Gasteiger partial charge in [0, 0.05) is 15.6 Å². The van der Waals surface area contributed by atoms with E-state index >= 15 is 0 Å². The number of carbonyl (C=O) groups is 2. The average molecular weight is 373 g/mol. The number of ether oxygens (including phenoxy) is 1. The Bertz CT molecular complexity index is 928. The first kappa shape index (κ1) is 17.6. The molecule has 0 aliphatic carbocycles. The Morgan fingerprint density at radius 1 is 1.12 bits per heavy atom. The molecule has 0 bridgehead atoms. The van der Waals surface area contributed by atoms with Gasteiger partial charge in [0.2, 0.25) is 5.78 Å². The lowest BCUT2D eigenvalue weighted by molar-refractivity contribution is 0.0324. The standard InChI is InChI=1S/C20H17ClO3S/c1-3-13-8-10-14(11-9-13)18(22)12(2)24-20(23)19-17(21)15-6-4-5-7-16(15)25-19/h4-12H,3H2,1-2H3. The van der Waals surface area contributed by atoms with Crippen LogP contribution in [0.5, 0.6) is 0 Å². The molecule has 128 valence electrons. The highest BCUT2D eigenvalue weighted by molar-refractivity contribution is 7.21. The smallest absolute Gasteiger partial charge is 0.350 e. The van der Waals surface area contributed by atoms with Crippen LogP contribution in [0.3, 0.4) is 0 Å². The maximum Gasteiger partial charge on any atom is 0.350 e. The van der Waals surface area contributed by atoms with Crippen molar-refractivity contribution >= 4 is 44.8 Å². The Hall–Kier alpha value is -2.17. The summed E-state index contributed by atoms with van der Waals surface area (Å²) in [5.41, 5.74) is 1.68. The molecule has 3 rings (SSSR count). The second-order valence-corrected chi connectivity index (χ2v) is 7.13. The molecular formula is C20H17ClO3S. The Balaban J connectivity index is 1.76. The van der Waals surface area contributed by atoms with Crippen molar-refractivity contribution in [3.05, 3.63) is 69.6 Å². The van der Waals surface area contributed by atoms with E-state index in [0.29, 0.717) is 15.5 Å². The van der Waals surface area contributed by atoms with Gasteiger partial charge in [-0.2, -0.15) is 0 Å². The molecule has 1 heterocycles. The van der Waals surface area contributed by atoms with Gasteiger partial charge in [-0.25, -0.2) is 4.79 Å². The van der Waals surface area contributed by atoms with Crippen LogP contribution in [0, 0.1) is 0 Å². The third kappa shape index (κ3) is 3.60. The lowest BCUT2D eigenvalue weighted by Crippen LogP contribution is -2.24. The molecule has 0 aliphatic rings. The van der Waals surface area contributed by atoms with Gasteiger partial charge in [0.15, 0.2) is 6.10 Å². The molecule has 3 aromatic rings. The molecule has 1 unspecified atom stereocenters. The zero-order valence-electron chi connectivity index (χ0n) is 13.9. The van der Waals surface area contributed by atoms with Crippen molar-refractivity contribution in [1.82, 2.24) is 0 Å². The van der Waals surface area contributed by atoms with E-state index in [-0.39, 0.29) is 5.78 Å². The number of esters is 1. The van der Waals surface area contributed by atoms with E-state index in [1.54, 1.807) is 19.1 Å². The van der Waals surface area contributed by atoms with Crippen molar-refractivity contribution in [2.24, 2.45) is 0 Å². The topological polar surface area (TPSA) is 43.4 Å². The Morgan fingerprint density at radius 2 is 1.80 bits per heavy atom. The molecule has 0 N–H and O–H groups in total. The van der Waals surface area contributed by atoms with E-state index in [1.807, 2.05) is 36.4 Å². The highest BCUT2D eigenvalue weighted by atomic mass is 35.5. The van der Waals surface area contributed by atoms with Gasteiger partial charge in [-0.3, -0.25) is 4.79 Å². The number of thiophene rings is 1. The molecular weight excluding hydrogens is 356 g/mol. The van der Waals surface area contributed by atoms with Gasteiger partial charge in [-0.05, 0) is 25.0 Å². The molecule has 0 fully saturated rings. The predicted molar refractivity (Wildman–Crippen MR) is 102 cm³/mol. The summed E-state index contributed by atoms with van der Waals surface area (Å²) in [6, 6.07) is 14.8. The molecule has 1 atom stereocenters. The van der Waals surface area contributed by atoms with Crippen LogP contribution in [0.2, 0.25) is 5.02 Å². The van der Waals surface area contributed by atoms with E-state index < -0.39 is 12.1 Å². The molecule has 0 spiro atoms. The fraction of sp³-hybridized carbons (Fsp3) is 0.200. The summed E-state index contributed by atoms with van der Waals surface area (Å²) >= 11 is 7.56. The maximum absolute atomic E-state index is 12.5. The molecule has 0 saturated heterocycles. The summed E-state index contributed by atoms with van der Waals surface area (Å²) in [6.07, 6.45) is 0.0324. The Kier molecular flexibility index (Phi) is 5.21. The van der Waals surface area contributed by atoms with Gasteiger partial charge in [0.05, 0.1) is 5.02 Å². The van der Waals surface area contributed by atoms with Crippen LogP contribution in [-0.2, 0) is 11.2 Å². The number of fused-ring (bicyclic) bond motifs is 1. The highest BCUT2D eigenvalue weighted by Gasteiger charge is 2.24. The summed E-state index contributed by atoms with van der Waals surface area (Å²) in [7, 11) is 0. The fourth-order valence-corrected chi connectivity index (χ4v) is 3.94. The third-order valence-corrected chi connectivity index (χ3v) is 5.68. The van der Waals surface area contributed by atoms with E-state index in [0.717, 1.165) is 22.1 Å². The van der Waals surface area contributed by atoms with Crippen LogP contribution in [0.15, 0.2) is 48.5 Å². The van der Waals surface area contributed by atoms with Gasteiger partial charge in [0.1, 0.15) is 4.88 Å². The van der Waals surface area contributed by atoms with Gasteiger partial charge < -0.3 is 4.74 Å². The van der Waals surface area contributed by atoms with Gasteiger partial charge >= 0.3 is 5.97 Å². The minimum absolute atomic E-state index is 0.228. The number of Topliss-reactive ketones (excluding diaryl/α,β-unsaturated/α-hetero) is 1. The van der Waals surface area contributed by atoms with Crippen molar-refractivity contribution in [3.63, 3.8) is 0 Å². The molecule has 25 heavy (non-hydrogen) atoms. The summed E-state index contributed by atoms with van der Waals surface area (Å²) < 4.78 is 6.27. The summed E-state index contributed by atoms with van der Waals surface area (Å²) in [6.45, 7) is 3.63. The van der Waals surface area contributed by atoms with Crippen LogP contribution < -0.4 is 0 Å². The molecule has 0 saturated carbocycles. The quantitative estimate of drug-likeness (QED) is 0.436. The average Bonchev–Trinajstić information content (AvgIpc) is 2.98. The predicted octanol–water partition coefficient (Wildman–Crippen LogP) is 5.55. The van der Waals surface area contributed by atoms with Crippen LogP contribution in [0.4, 0.5) is 0 Å². The number of aryl methyl sites for hydroxylation is 1. The minimum Gasteiger partial charge on any atom is -0.450 e. The summed E-state index contributed by atoms with van der Waals surface area (Å²) in [4.78, 5) is 25.2. The molecule has 3 nitrogen and oxygen atoms in total. The molecule has 2 aromatic carbocycles. The Morgan fingerprint density at radius 3 is 2.44 bits per heavy atom. The lowest BCUT2D eigenvalue weighted by atomic mass is 10.0. The zero-order valence-corrected chi connectivity index (χ0v) is 15.5. The van der Waals surface area contributed by atoms with E-state index in [1.165, 1.54) is 11.3 Å². The van der Waals surface area contributed by atoms with Crippen LogP contribution in [0.1, 0.15) is 39.4 Å². The first-order valence-electron chi connectivity index (χ1n) is 8.02. The maximum atomic E-state index is 12.5. The van der Waals surface area contributed by atoms with E-state index in [4.69, 9.17) is 16.3 Å². The van der Waals surface area contributed by atoms with Gasteiger partial charge in [0.25, 0.3) is 0 Å². The van der Waals surface area contributed by atoms with Crippen molar-refractivity contribution < 1.29 is 14.3 Å². The lowest BCUT2D eigenvalue weighted by Gasteiger charge is -2.12. The van der Waals surface area contributed by atoms with Gasteiger partial charge in [-0.1, -0.05) is 61.0 Å². The summed E-state index contributed by atoms with van der Waals surface area (Å²) in [5, 5.41) is 1.19. The fourth-order valence-electron chi connectivity index (χ4n) is 2.55. The second-order valence-electron chi connectivity index (χ2n) is 5.70. The first-order chi connectivity index (χ1) is 12.0. The van der Waals surface area contributed by atoms with E-state index in [9.17, 15) is 9.59 Å². The Labute approximate surface area is 155 Å². The largest absolute Gasteiger partial charge is 0.450 e. The zero-order chi connectivity index (χ0) is 18.0. The first-order valence-corrected chi connectivity index (χ1v) is 9.22.